The molecule has 6 rings (SSSR count). The molecule has 0 amide bonds. The average molecular weight is 517 g/mol. The lowest BCUT2D eigenvalue weighted by Crippen LogP contribution is -2.38. The van der Waals surface area contributed by atoms with Crippen LogP contribution in [0.4, 0.5) is 0 Å². The summed E-state index contributed by atoms with van der Waals surface area (Å²) in [6, 6.07) is 31.8. The van der Waals surface area contributed by atoms with E-state index in [4.69, 9.17) is 11.4 Å². The van der Waals surface area contributed by atoms with E-state index >= 15 is 0 Å². The molecule has 1 heterocycles. The molecule has 0 fully saturated rings. The van der Waals surface area contributed by atoms with Gasteiger partial charge in [-0.3, -0.25) is 0 Å². The summed E-state index contributed by atoms with van der Waals surface area (Å²) in [4.78, 5) is 0. The Bertz CT molecular complexity index is 1550. The van der Waals surface area contributed by atoms with Gasteiger partial charge in [0.2, 0.25) is 0 Å². The molecule has 0 aromatic heterocycles. The predicted octanol–water partition coefficient (Wildman–Crippen LogP) is 9.09. The van der Waals surface area contributed by atoms with Gasteiger partial charge >= 0.3 is 15.1 Å². The highest BCUT2D eigenvalue weighted by Gasteiger charge is 2.49. The van der Waals surface area contributed by atoms with Crippen molar-refractivity contribution in [3.05, 3.63) is 102 Å². The molecular weight excluding hydrogens is 483 g/mol. The maximum absolute atomic E-state index is 6.88. The molecule has 1 aliphatic rings. The van der Waals surface area contributed by atoms with Crippen molar-refractivity contribution in [2.75, 3.05) is 0 Å². The predicted molar refractivity (Wildman–Crippen MR) is 158 cm³/mol. The van der Waals surface area contributed by atoms with Crippen LogP contribution in [0.3, 0.4) is 0 Å². The second-order valence-electron chi connectivity index (χ2n) is 12.1. The Morgan fingerprint density at radius 1 is 0.526 bits per heavy atom. The summed E-state index contributed by atoms with van der Waals surface area (Å²) in [5.41, 5.74) is 4.25. The van der Waals surface area contributed by atoms with Crippen LogP contribution in [0.5, 0.6) is 17.2 Å². The van der Waals surface area contributed by atoms with Gasteiger partial charge in [0.1, 0.15) is 0 Å². The molecule has 0 radical (unpaired) electrons. The standard InChI is InChI=1S/C20H14O2.C14H22O.Al/c21-17-11-9-13-5-1-3-7-15(13)19(17)20-16-8-4-2-6-14(16)10-12-18(20)22;1-13(2,3)10-8-7-9-11(12(10)15)14(4,5)6;/h1-12,21-22H;7-9,15H,1-6H3;/q;;+3/p-3. The van der Waals surface area contributed by atoms with Gasteiger partial charge in [-0.25, -0.2) is 0 Å². The number of rotatable bonds is 2. The molecule has 0 spiro atoms. The minimum absolute atomic E-state index is 0.0993. The molecule has 190 valence electrons. The van der Waals surface area contributed by atoms with Crippen LogP contribution in [0.2, 0.25) is 0 Å². The van der Waals surface area contributed by atoms with Crippen molar-refractivity contribution in [1.82, 2.24) is 0 Å². The van der Waals surface area contributed by atoms with Crippen molar-refractivity contribution >= 4 is 36.7 Å². The Morgan fingerprint density at radius 2 is 0.974 bits per heavy atom. The summed E-state index contributed by atoms with van der Waals surface area (Å²) in [6.45, 7) is 13.3. The van der Waals surface area contributed by atoms with Crippen LogP contribution in [0.25, 0.3) is 32.7 Å². The van der Waals surface area contributed by atoms with Crippen LogP contribution in [0.15, 0.2) is 91.0 Å². The average Bonchev–Trinajstić information content (AvgIpc) is 3.04. The molecule has 5 aromatic rings. The maximum Gasteiger partial charge on any atom is 1.20 e. The first-order valence-electron chi connectivity index (χ1n) is 13.3. The molecule has 4 heteroatoms. The lowest BCUT2D eigenvalue weighted by Gasteiger charge is -2.30. The zero-order valence-electron chi connectivity index (χ0n) is 23.0. The SMILES string of the molecule is CC(C)(C)c1cccc(C(C)(C)C)c1[O][Al]1[O]c2ccc3ccccc3c2-c2c(ccc3ccccc23)[O]1. The number of benzene rings is 5. The van der Waals surface area contributed by atoms with E-state index in [2.05, 4.69) is 133 Å². The molecule has 0 saturated heterocycles. The molecule has 3 nitrogen and oxygen atoms in total. The maximum atomic E-state index is 6.88. The van der Waals surface area contributed by atoms with Crippen molar-refractivity contribution in [2.24, 2.45) is 0 Å². The molecule has 0 atom stereocenters. The Morgan fingerprint density at radius 3 is 1.42 bits per heavy atom. The summed E-state index contributed by atoms with van der Waals surface area (Å²) in [6.07, 6.45) is 0. The third-order valence-corrected chi connectivity index (χ3v) is 8.64. The second-order valence-corrected chi connectivity index (χ2v) is 13.4. The van der Waals surface area contributed by atoms with Crippen molar-refractivity contribution in [3.8, 4) is 28.4 Å². The van der Waals surface area contributed by atoms with Crippen LogP contribution >= 0.6 is 0 Å². The Kier molecular flexibility index (Phi) is 5.95. The van der Waals surface area contributed by atoms with E-state index in [-0.39, 0.29) is 10.8 Å². The first-order valence-corrected chi connectivity index (χ1v) is 14.7. The van der Waals surface area contributed by atoms with Gasteiger partial charge in [-0.2, -0.15) is 0 Å². The first-order chi connectivity index (χ1) is 18.1. The number of para-hydroxylation sites is 1. The lowest BCUT2D eigenvalue weighted by atomic mass is 9.80. The summed E-state index contributed by atoms with van der Waals surface area (Å²) in [5, 5.41) is 4.63. The van der Waals surface area contributed by atoms with Crippen LogP contribution in [0, 0.1) is 0 Å². The Balaban J connectivity index is 1.57. The lowest BCUT2D eigenvalue weighted by molar-refractivity contribution is 0.304. The van der Waals surface area contributed by atoms with Crippen molar-refractivity contribution in [2.45, 2.75) is 52.4 Å². The van der Waals surface area contributed by atoms with Gasteiger partial charge in [0.25, 0.3) is 0 Å². The van der Waals surface area contributed by atoms with E-state index in [1.807, 2.05) is 0 Å². The summed E-state index contributed by atoms with van der Waals surface area (Å²) >= 11 is -2.73. The highest BCUT2D eigenvalue weighted by molar-refractivity contribution is 6.41. The number of hydrogen-bond acceptors (Lipinski definition) is 3. The van der Waals surface area contributed by atoms with E-state index < -0.39 is 15.1 Å². The number of fused-ring (bicyclic) bond motifs is 7. The zero-order valence-corrected chi connectivity index (χ0v) is 24.1. The second kappa shape index (κ2) is 9.09. The highest BCUT2D eigenvalue weighted by atomic mass is 27.3. The minimum Gasteiger partial charge on any atom is -0.577 e. The van der Waals surface area contributed by atoms with Crippen LogP contribution in [-0.2, 0) is 10.8 Å². The summed E-state index contributed by atoms with van der Waals surface area (Å²) in [7, 11) is 0. The van der Waals surface area contributed by atoms with Crippen LogP contribution in [0.1, 0.15) is 52.7 Å². The first kappa shape index (κ1) is 24.9. The third-order valence-electron chi connectivity index (χ3n) is 7.32. The van der Waals surface area contributed by atoms with Crippen molar-refractivity contribution in [3.63, 3.8) is 0 Å². The molecule has 1 aliphatic heterocycles. The van der Waals surface area contributed by atoms with Gasteiger partial charge in [-0.15, -0.1) is 0 Å². The summed E-state index contributed by atoms with van der Waals surface area (Å²) < 4.78 is 20.3. The van der Waals surface area contributed by atoms with E-state index in [0.29, 0.717) is 0 Å². The molecule has 0 bridgehead atoms. The van der Waals surface area contributed by atoms with Gasteiger partial charge in [0.15, 0.2) is 0 Å². The number of hydrogen-bond donors (Lipinski definition) is 0. The summed E-state index contributed by atoms with van der Waals surface area (Å²) in [5.74, 6) is 2.50. The Labute approximate surface area is 230 Å². The third kappa shape index (κ3) is 4.33. The molecule has 0 saturated carbocycles. The highest BCUT2D eigenvalue weighted by Crippen LogP contribution is 2.48. The van der Waals surface area contributed by atoms with Crippen molar-refractivity contribution < 1.29 is 11.4 Å². The molecule has 0 N–H and O–H groups in total. The topological polar surface area (TPSA) is 27.7 Å². The van der Waals surface area contributed by atoms with Crippen LogP contribution in [-0.4, -0.2) is 15.1 Å². The van der Waals surface area contributed by atoms with E-state index in [1.165, 1.54) is 10.8 Å². The van der Waals surface area contributed by atoms with Gasteiger partial charge < -0.3 is 11.4 Å². The monoisotopic (exact) mass is 516 g/mol. The van der Waals surface area contributed by atoms with E-state index in [9.17, 15) is 0 Å². The fourth-order valence-corrected chi connectivity index (χ4v) is 6.83. The van der Waals surface area contributed by atoms with E-state index in [1.54, 1.807) is 0 Å². The fraction of sp³-hybridized carbons (Fsp3) is 0.235. The zero-order chi connectivity index (χ0) is 26.7. The molecule has 38 heavy (non-hydrogen) atoms. The largest absolute Gasteiger partial charge is 1.20 e. The Hall–Kier alpha value is -3.45. The smallest absolute Gasteiger partial charge is 0.577 e. The molecule has 0 unspecified atom stereocenters. The molecule has 5 aromatic carbocycles. The van der Waals surface area contributed by atoms with E-state index in [0.717, 1.165) is 50.3 Å². The normalized spacial score (nSPS) is 13.4. The molecular formula is C34H33AlO3. The van der Waals surface area contributed by atoms with Gasteiger partial charge in [0.05, 0.1) is 17.2 Å². The molecule has 0 aliphatic carbocycles. The quantitative estimate of drug-likeness (QED) is 0.219. The van der Waals surface area contributed by atoms with Crippen molar-refractivity contribution in [1.29, 1.82) is 0 Å². The fourth-order valence-electron chi connectivity index (χ4n) is 5.44. The van der Waals surface area contributed by atoms with Gasteiger partial charge in [-0.05, 0) is 55.6 Å². The minimum atomic E-state index is -2.73. The van der Waals surface area contributed by atoms with Crippen LogP contribution < -0.4 is 11.4 Å². The van der Waals surface area contributed by atoms with Gasteiger partial charge in [0, 0.05) is 11.1 Å². The van der Waals surface area contributed by atoms with Gasteiger partial charge in [-0.1, -0.05) is 120 Å².